The molecule has 0 aromatic heterocycles. The zero-order valence-corrected chi connectivity index (χ0v) is 12.2. The minimum Gasteiger partial charge on any atom is -0.482 e. The van der Waals surface area contributed by atoms with Crippen LogP contribution in [0.5, 0.6) is 5.75 Å². The molecule has 1 unspecified atom stereocenters. The number of ether oxygens (including phenoxy) is 1. The van der Waals surface area contributed by atoms with Crippen molar-refractivity contribution >= 4 is 11.9 Å². The lowest BCUT2D eigenvalue weighted by molar-refractivity contribution is -0.139. The van der Waals surface area contributed by atoms with Crippen molar-refractivity contribution in [1.29, 1.82) is 0 Å². The molecule has 1 aromatic rings. The van der Waals surface area contributed by atoms with Crippen LogP contribution in [0.25, 0.3) is 0 Å². The summed E-state index contributed by atoms with van der Waals surface area (Å²) >= 11 is 0. The van der Waals surface area contributed by atoms with E-state index in [4.69, 9.17) is 9.84 Å². The smallest absolute Gasteiger partial charge is 0.341 e. The van der Waals surface area contributed by atoms with E-state index in [9.17, 15) is 9.59 Å². The van der Waals surface area contributed by atoms with Crippen molar-refractivity contribution < 1.29 is 19.4 Å². The number of carboxylic acid groups (broad SMARTS) is 1. The molecule has 1 fully saturated rings. The van der Waals surface area contributed by atoms with E-state index >= 15 is 0 Å². The predicted octanol–water partition coefficient (Wildman–Crippen LogP) is 2.46. The number of nitrogens with one attached hydrogen (secondary N) is 1. The SMILES string of the molecule is CC(CCC1CC1)NC(=O)c1cccc(OCC(=O)O)c1. The number of amides is 1. The van der Waals surface area contributed by atoms with Crippen molar-refractivity contribution in [1.82, 2.24) is 5.32 Å². The first-order chi connectivity index (χ1) is 10.0. The highest BCUT2D eigenvalue weighted by molar-refractivity contribution is 5.94. The summed E-state index contributed by atoms with van der Waals surface area (Å²) in [6, 6.07) is 6.71. The molecule has 5 heteroatoms. The maximum absolute atomic E-state index is 12.1. The Morgan fingerprint density at radius 2 is 2.19 bits per heavy atom. The largest absolute Gasteiger partial charge is 0.482 e. The zero-order valence-electron chi connectivity index (χ0n) is 12.2. The molecule has 1 aromatic carbocycles. The molecule has 0 bridgehead atoms. The normalized spacial score (nSPS) is 15.3. The van der Waals surface area contributed by atoms with Crippen LogP contribution in [0, 0.1) is 5.92 Å². The Balaban J connectivity index is 1.85. The minimum atomic E-state index is -1.04. The van der Waals surface area contributed by atoms with Crippen LogP contribution < -0.4 is 10.1 Å². The quantitative estimate of drug-likeness (QED) is 0.771. The highest BCUT2D eigenvalue weighted by Crippen LogP contribution is 2.33. The Kier molecular flexibility index (Phi) is 5.20. The van der Waals surface area contributed by atoms with Gasteiger partial charge in [0, 0.05) is 11.6 Å². The van der Waals surface area contributed by atoms with Crippen LogP contribution in [0.15, 0.2) is 24.3 Å². The first-order valence-electron chi connectivity index (χ1n) is 7.30. The van der Waals surface area contributed by atoms with Crippen LogP contribution in [-0.2, 0) is 4.79 Å². The molecule has 2 rings (SSSR count). The van der Waals surface area contributed by atoms with Gasteiger partial charge in [0.05, 0.1) is 0 Å². The Hall–Kier alpha value is -2.04. The van der Waals surface area contributed by atoms with Gasteiger partial charge in [0.1, 0.15) is 5.75 Å². The number of rotatable bonds is 8. The summed E-state index contributed by atoms with van der Waals surface area (Å²) in [4.78, 5) is 22.6. The monoisotopic (exact) mass is 291 g/mol. The molecule has 1 aliphatic rings. The second kappa shape index (κ2) is 7.11. The fraction of sp³-hybridized carbons (Fsp3) is 0.500. The topological polar surface area (TPSA) is 75.6 Å². The van der Waals surface area contributed by atoms with Crippen molar-refractivity contribution in [3.8, 4) is 5.75 Å². The summed E-state index contributed by atoms with van der Waals surface area (Å²) in [6.45, 7) is 1.59. The van der Waals surface area contributed by atoms with Gasteiger partial charge >= 0.3 is 5.97 Å². The molecule has 0 aliphatic heterocycles. The van der Waals surface area contributed by atoms with Gasteiger partial charge in [-0.15, -0.1) is 0 Å². The second-order valence-electron chi connectivity index (χ2n) is 5.61. The maximum Gasteiger partial charge on any atom is 0.341 e. The molecular formula is C16H21NO4. The Labute approximate surface area is 124 Å². The molecule has 0 spiro atoms. The van der Waals surface area contributed by atoms with Crippen LogP contribution in [0.3, 0.4) is 0 Å². The number of carbonyl (C=O) groups is 2. The van der Waals surface area contributed by atoms with Gasteiger partial charge < -0.3 is 15.2 Å². The second-order valence-corrected chi connectivity index (χ2v) is 5.61. The van der Waals surface area contributed by atoms with Gasteiger partial charge in [-0.3, -0.25) is 4.79 Å². The number of hydrogen-bond acceptors (Lipinski definition) is 3. The molecule has 1 atom stereocenters. The average Bonchev–Trinajstić information content (AvgIpc) is 3.27. The van der Waals surface area contributed by atoms with E-state index in [1.54, 1.807) is 24.3 Å². The van der Waals surface area contributed by atoms with Crippen molar-refractivity contribution in [2.24, 2.45) is 5.92 Å². The number of aliphatic carboxylic acids is 1. The number of benzene rings is 1. The van der Waals surface area contributed by atoms with Gasteiger partial charge in [-0.1, -0.05) is 18.9 Å². The number of hydrogen-bond donors (Lipinski definition) is 2. The number of carbonyl (C=O) groups excluding carboxylic acids is 1. The summed E-state index contributed by atoms with van der Waals surface area (Å²) in [6.07, 6.45) is 4.81. The molecule has 1 aliphatic carbocycles. The highest BCUT2D eigenvalue weighted by atomic mass is 16.5. The maximum atomic E-state index is 12.1. The number of carboxylic acids is 1. The summed E-state index contributed by atoms with van der Waals surface area (Å²) in [5.74, 6) is 0.0467. The van der Waals surface area contributed by atoms with Crippen LogP contribution in [-0.4, -0.2) is 29.6 Å². The van der Waals surface area contributed by atoms with E-state index in [-0.39, 0.29) is 11.9 Å². The van der Waals surface area contributed by atoms with Crippen LogP contribution in [0.4, 0.5) is 0 Å². The van der Waals surface area contributed by atoms with Gasteiger partial charge in [-0.05, 0) is 43.9 Å². The highest BCUT2D eigenvalue weighted by Gasteiger charge is 2.22. The van der Waals surface area contributed by atoms with E-state index in [0.717, 1.165) is 12.3 Å². The van der Waals surface area contributed by atoms with E-state index in [0.29, 0.717) is 11.3 Å². The fourth-order valence-corrected chi connectivity index (χ4v) is 2.14. The average molecular weight is 291 g/mol. The third kappa shape index (κ3) is 5.45. The van der Waals surface area contributed by atoms with Crippen molar-refractivity contribution in [2.45, 2.75) is 38.6 Å². The molecule has 1 saturated carbocycles. The van der Waals surface area contributed by atoms with E-state index in [1.807, 2.05) is 6.92 Å². The minimum absolute atomic E-state index is 0.140. The standard InChI is InChI=1S/C16H21NO4/c1-11(5-6-12-7-8-12)17-16(20)13-3-2-4-14(9-13)21-10-15(18)19/h2-4,9,11-12H,5-8,10H2,1H3,(H,17,20)(H,18,19). The summed E-state index contributed by atoms with van der Waals surface area (Å²) in [5.41, 5.74) is 0.483. The zero-order chi connectivity index (χ0) is 15.2. The van der Waals surface area contributed by atoms with Crippen molar-refractivity contribution in [2.75, 3.05) is 6.61 Å². The molecule has 0 radical (unpaired) electrons. The first kappa shape index (κ1) is 15.4. The van der Waals surface area contributed by atoms with Gasteiger partial charge in [-0.2, -0.15) is 0 Å². The predicted molar refractivity (Wildman–Crippen MR) is 78.5 cm³/mol. The molecule has 0 heterocycles. The summed E-state index contributed by atoms with van der Waals surface area (Å²) in [5, 5.41) is 11.5. The van der Waals surface area contributed by atoms with E-state index in [2.05, 4.69) is 5.32 Å². The molecule has 21 heavy (non-hydrogen) atoms. The Bertz CT molecular complexity index is 511. The lowest BCUT2D eigenvalue weighted by Crippen LogP contribution is -2.32. The third-order valence-electron chi connectivity index (χ3n) is 3.54. The van der Waals surface area contributed by atoms with Crippen molar-refractivity contribution in [3.63, 3.8) is 0 Å². The molecule has 1 amide bonds. The summed E-state index contributed by atoms with van der Waals surface area (Å²) in [7, 11) is 0. The van der Waals surface area contributed by atoms with Gasteiger partial charge in [-0.25, -0.2) is 4.79 Å². The van der Waals surface area contributed by atoms with Crippen LogP contribution >= 0.6 is 0 Å². The van der Waals surface area contributed by atoms with E-state index in [1.165, 1.54) is 19.3 Å². The van der Waals surface area contributed by atoms with Gasteiger partial charge in [0.2, 0.25) is 0 Å². The third-order valence-corrected chi connectivity index (χ3v) is 3.54. The first-order valence-corrected chi connectivity index (χ1v) is 7.30. The molecule has 0 saturated heterocycles. The van der Waals surface area contributed by atoms with E-state index < -0.39 is 12.6 Å². The fourth-order valence-electron chi connectivity index (χ4n) is 2.14. The van der Waals surface area contributed by atoms with Crippen LogP contribution in [0.2, 0.25) is 0 Å². The van der Waals surface area contributed by atoms with Gasteiger partial charge in [0.15, 0.2) is 6.61 Å². The van der Waals surface area contributed by atoms with Gasteiger partial charge in [0.25, 0.3) is 5.91 Å². The molecular weight excluding hydrogens is 270 g/mol. The van der Waals surface area contributed by atoms with Crippen LogP contribution in [0.1, 0.15) is 43.0 Å². The lowest BCUT2D eigenvalue weighted by Gasteiger charge is -2.14. The molecule has 2 N–H and O–H groups in total. The van der Waals surface area contributed by atoms with Crippen molar-refractivity contribution in [3.05, 3.63) is 29.8 Å². The summed E-state index contributed by atoms with van der Waals surface area (Å²) < 4.78 is 5.07. The Morgan fingerprint density at radius 3 is 2.86 bits per heavy atom. The lowest BCUT2D eigenvalue weighted by atomic mass is 10.1. The molecule has 5 nitrogen and oxygen atoms in total. The molecule has 114 valence electrons. The Morgan fingerprint density at radius 1 is 1.43 bits per heavy atom.